The maximum Gasteiger partial charge on any atom is 0.317 e. The van der Waals surface area contributed by atoms with Crippen LogP contribution in [0.5, 0.6) is 0 Å². The van der Waals surface area contributed by atoms with E-state index >= 15 is 0 Å². The summed E-state index contributed by atoms with van der Waals surface area (Å²) in [5.41, 5.74) is 0. The van der Waals surface area contributed by atoms with Crippen LogP contribution in [0, 0.1) is 0 Å². The van der Waals surface area contributed by atoms with Crippen molar-refractivity contribution in [2.75, 3.05) is 26.7 Å². The first-order chi connectivity index (χ1) is 7.24. The number of nitrogens with one attached hydrogen (secondary N) is 2. The third-order valence-corrected chi connectivity index (χ3v) is 2.78. The predicted molar refractivity (Wildman–Crippen MR) is 62.0 cm³/mol. The third kappa shape index (κ3) is 4.51. The lowest BCUT2D eigenvalue weighted by molar-refractivity contribution is 0.199. The van der Waals surface area contributed by atoms with Crippen molar-refractivity contribution < 1.29 is 4.79 Å². The highest BCUT2D eigenvalue weighted by Crippen LogP contribution is 2.07. The zero-order chi connectivity index (χ0) is 11.1. The molecule has 0 radical (unpaired) electrons. The van der Waals surface area contributed by atoms with Gasteiger partial charge in [-0.15, -0.1) is 0 Å². The zero-order valence-corrected chi connectivity index (χ0v) is 9.88. The summed E-state index contributed by atoms with van der Waals surface area (Å²) in [6.45, 7) is 4.73. The number of piperidine rings is 1. The topological polar surface area (TPSA) is 44.4 Å². The maximum absolute atomic E-state index is 11.6. The number of nitrogens with zero attached hydrogens (tertiary/aromatic N) is 1. The number of likely N-dealkylation sites (N-methyl/N-ethyl adjacent to an activating group) is 1. The average Bonchev–Trinajstić information content (AvgIpc) is 2.27. The largest absolute Gasteiger partial charge is 0.338 e. The highest BCUT2D eigenvalue weighted by molar-refractivity contribution is 5.73. The molecule has 1 atom stereocenters. The summed E-state index contributed by atoms with van der Waals surface area (Å²) in [5, 5.41) is 6.32. The molecule has 1 saturated heterocycles. The Hall–Kier alpha value is -0.770. The lowest BCUT2D eigenvalue weighted by atomic mass is 10.0. The molecule has 0 aromatic carbocycles. The van der Waals surface area contributed by atoms with E-state index in [1.807, 2.05) is 7.05 Å². The van der Waals surface area contributed by atoms with Crippen LogP contribution in [0.25, 0.3) is 0 Å². The van der Waals surface area contributed by atoms with Crippen molar-refractivity contribution in [2.45, 2.75) is 38.6 Å². The molecular formula is C11H23N3O. The molecule has 4 nitrogen and oxygen atoms in total. The molecule has 2 amide bonds. The van der Waals surface area contributed by atoms with Crippen LogP contribution in [0.15, 0.2) is 0 Å². The van der Waals surface area contributed by atoms with Crippen molar-refractivity contribution >= 4 is 6.03 Å². The minimum absolute atomic E-state index is 0.0456. The van der Waals surface area contributed by atoms with Gasteiger partial charge in [-0.2, -0.15) is 0 Å². The molecule has 1 unspecified atom stereocenters. The molecule has 1 aliphatic heterocycles. The lowest BCUT2D eigenvalue weighted by Gasteiger charge is -2.28. The van der Waals surface area contributed by atoms with Gasteiger partial charge in [-0.1, -0.05) is 13.3 Å². The van der Waals surface area contributed by atoms with Crippen LogP contribution < -0.4 is 10.6 Å². The fraction of sp³-hybridized carbons (Fsp3) is 0.909. The smallest absolute Gasteiger partial charge is 0.317 e. The Morgan fingerprint density at radius 3 is 2.93 bits per heavy atom. The minimum atomic E-state index is 0.0456. The van der Waals surface area contributed by atoms with Crippen LogP contribution in [-0.2, 0) is 0 Å². The first-order valence-corrected chi connectivity index (χ1v) is 5.96. The van der Waals surface area contributed by atoms with Gasteiger partial charge in [-0.05, 0) is 25.8 Å². The van der Waals surface area contributed by atoms with E-state index in [0.29, 0.717) is 6.04 Å². The molecule has 4 heteroatoms. The van der Waals surface area contributed by atoms with Crippen molar-refractivity contribution in [3.63, 3.8) is 0 Å². The van der Waals surface area contributed by atoms with E-state index in [1.54, 1.807) is 4.90 Å². The summed E-state index contributed by atoms with van der Waals surface area (Å²) in [6.07, 6.45) is 4.72. The number of amides is 2. The Kier molecular flexibility index (Phi) is 5.47. The second kappa shape index (κ2) is 6.67. The summed E-state index contributed by atoms with van der Waals surface area (Å²) >= 11 is 0. The molecule has 0 saturated carbocycles. The second-order valence-electron chi connectivity index (χ2n) is 4.26. The summed E-state index contributed by atoms with van der Waals surface area (Å²) in [6, 6.07) is 0.528. The molecule has 0 aromatic heterocycles. The number of urea groups is 1. The van der Waals surface area contributed by atoms with Crippen LogP contribution >= 0.6 is 0 Å². The average molecular weight is 213 g/mol. The fourth-order valence-electron chi connectivity index (χ4n) is 1.86. The number of carbonyl (C=O) groups excluding carboxylic acids is 1. The Morgan fingerprint density at radius 1 is 1.53 bits per heavy atom. The molecule has 1 heterocycles. The number of hydrogen-bond acceptors (Lipinski definition) is 2. The Morgan fingerprint density at radius 2 is 2.33 bits per heavy atom. The molecule has 0 spiro atoms. The summed E-state index contributed by atoms with van der Waals surface area (Å²) in [5.74, 6) is 0. The van der Waals surface area contributed by atoms with Crippen LogP contribution in [0.2, 0.25) is 0 Å². The Bertz CT molecular complexity index is 190. The molecule has 1 fully saturated rings. The number of hydrogen-bond donors (Lipinski definition) is 2. The summed E-state index contributed by atoms with van der Waals surface area (Å²) < 4.78 is 0. The molecule has 1 rings (SSSR count). The van der Waals surface area contributed by atoms with Crippen molar-refractivity contribution in [2.24, 2.45) is 0 Å². The number of carbonyl (C=O) groups is 1. The fourth-order valence-corrected chi connectivity index (χ4v) is 1.86. The van der Waals surface area contributed by atoms with E-state index in [0.717, 1.165) is 26.1 Å². The Labute approximate surface area is 92.4 Å². The molecule has 0 aliphatic carbocycles. The van der Waals surface area contributed by atoms with Gasteiger partial charge in [0.1, 0.15) is 0 Å². The van der Waals surface area contributed by atoms with Gasteiger partial charge in [0.25, 0.3) is 0 Å². The van der Waals surface area contributed by atoms with Crippen LogP contribution in [0.4, 0.5) is 4.79 Å². The van der Waals surface area contributed by atoms with E-state index in [-0.39, 0.29) is 6.03 Å². The number of rotatable bonds is 4. The Balaban J connectivity index is 2.20. The van der Waals surface area contributed by atoms with Crippen molar-refractivity contribution in [1.29, 1.82) is 0 Å². The van der Waals surface area contributed by atoms with Gasteiger partial charge in [0.05, 0.1) is 0 Å². The van der Waals surface area contributed by atoms with Gasteiger partial charge in [0.15, 0.2) is 0 Å². The quantitative estimate of drug-likeness (QED) is 0.736. The van der Waals surface area contributed by atoms with Gasteiger partial charge in [0.2, 0.25) is 0 Å². The predicted octanol–water partition coefficient (Wildman–Crippen LogP) is 1.18. The van der Waals surface area contributed by atoms with Gasteiger partial charge in [-0.3, -0.25) is 0 Å². The van der Waals surface area contributed by atoms with E-state index in [2.05, 4.69) is 17.6 Å². The van der Waals surface area contributed by atoms with Gasteiger partial charge < -0.3 is 15.5 Å². The van der Waals surface area contributed by atoms with E-state index in [1.165, 1.54) is 19.3 Å². The van der Waals surface area contributed by atoms with Gasteiger partial charge in [-0.25, -0.2) is 4.79 Å². The normalized spacial score (nSPS) is 21.1. The second-order valence-corrected chi connectivity index (χ2v) is 4.26. The van der Waals surface area contributed by atoms with E-state index in [4.69, 9.17) is 0 Å². The highest BCUT2D eigenvalue weighted by Gasteiger charge is 2.16. The molecule has 88 valence electrons. The van der Waals surface area contributed by atoms with Gasteiger partial charge in [0, 0.05) is 26.2 Å². The first-order valence-electron chi connectivity index (χ1n) is 5.96. The zero-order valence-electron chi connectivity index (χ0n) is 9.88. The van der Waals surface area contributed by atoms with Crippen LogP contribution in [0.3, 0.4) is 0 Å². The molecule has 0 aromatic rings. The molecular weight excluding hydrogens is 190 g/mol. The van der Waals surface area contributed by atoms with Gasteiger partial charge >= 0.3 is 6.03 Å². The lowest BCUT2D eigenvalue weighted by Crippen LogP contribution is -2.47. The van der Waals surface area contributed by atoms with Crippen molar-refractivity contribution in [1.82, 2.24) is 15.5 Å². The molecule has 1 aliphatic rings. The molecule has 15 heavy (non-hydrogen) atoms. The van der Waals surface area contributed by atoms with Crippen molar-refractivity contribution in [3.8, 4) is 0 Å². The minimum Gasteiger partial charge on any atom is -0.338 e. The highest BCUT2D eigenvalue weighted by atomic mass is 16.2. The van der Waals surface area contributed by atoms with Crippen LogP contribution in [0.1, 0.15) is 32.6 Å². The summed E-state index contributed by atoms with van der Waals surface area (Å²) in [7, 11) is 1.86. The summed E-state index contributed by atoms with van der Waals surface area (Å²) in [4.78, 5) is 13.3. The SMILES string of the molecule is CCCNC(=O)N(C)CC1CCCCN1. The van der Waals surface area contributed by atoms with E-state index < -0.39 is 0 Å². The van der Waals surface area contributed by atoms with Crippen LogP contribution in [-0.4, -0.2) is 43.7 Å². The maximum atomic E-state index is 11.6. The third-order valence-electron chi connectivity index (χ3n) is 2.78. The molecule has 0 bridgehead atoms. The standard InChI is InChI=1S/C11H23N3O/c1-3-7-13-11(15)14(2)9-10-6-4-5-8-12-10/h10,12H,3-9H2,1-2H3,(H,13,15). The first kappa shape index (κ1) is 12.3. The van der Waals surface area contributed by atoms with Crippen molar-refractivity contribution in [3.05, 3.63) is 0 Å². The van der Waals surface area contributed by atoms with E-state index in [9.17, 15) is 4.79 Å². The molecule has 2 N–H and O–H groups in total. The monoisotopic (exact) mass is 213 g/mol.